The van der Waals surface area contributed by atoms with Gasteiger partial charge in [-0.25, -0.2) is 0 Å². The molecule has 0 aliphatic rings. The van der Waals surface area contributed by atoms with Gasteiger partial charge in [-0.05, 0) is 18.6 Å². The number of anilines is 2. The van der Waals surface area contributed by atoms with Crippen molar-refractivity contribution in [2.75, 3.05) is 30.5 Å². The van der Waals surface area contributed by atoms with Crippen LogP contribution in [0.15, 0.2) is 24.3 Å². The molecule has 0 bridgehead atoms. The predicted molar refractivity (Wildman–Crippen MR) is 75.5 cm³/mol. The summed E-state index contributed by atoms with van der Waals surface area (Å²) in [5, 5.41) is 2.74. The molecule has 0 unspecified atom stereocenters. The lowest BCUT2D eigenvalue weighted by Gasteiger charge is -2.17. The average Bonchev–Trinajstić information content (AvgIpc) is 2.27. The van der Waals surface area contributed by atoms with Crippen LogP contribution in [0.2, 0.25) is 0 Å². The van der Waals surface area contributed by atoms with Gasteiger partial charge in [-0.15, -0.1) is 0 Å². The Hall–Kier alpha value is -1.36. The van der Waals surface area contributed by atoms with Crippen molar-refractivity contribution >= 4 is 24.9 Å². The SMILES string of the molecule is CN(C)c1ccccc1NC(=O)CCCP(=O)(O)O. The van der Waals surface area contributed by atoms with Gasteiger partial charge < -0.3 is 20.0 Å². The largest absolute Gasteiger partial charge is 0.376 e. The van der Waals surface area contributed by atoms with E-state index in [1.807, 2.05) is 37.2 Å². The van der Waals surface area contributed by atoms with Gasteiger partial charge >= 0.3 is 7.60 Å². The smallest absolute Gasteiger partial charge is 0.325 e. The lowest BCUT2D eigenvalue weighted by atomic mass is 10.2. The molecule has 1 aromatic carbocycles. The molecule has 0 aliphatic heterocycles. The van der Waals surface area contributed by atoms with Gasteiger partial charge in [0, 0.05) is 20.5 Å². The second kappa shape index (κ2) is 6.70. The Labute approximate surface area is 112 Å². The molecule has 1 rings (SSSR count). The summed E-state index contributed by atoms with van der Waals surface area (Å²) < 4.78 is 10.7. The van der Waals surface area contributed by atoms with E-state index >= 15 is 0 Å². The summed E-state index contributed by atoms with van der Waals surface area (Å²) in [5.41, 5.74) is 1.57. The number of rotatable bonds is 6. The highest BCUT2D eigenvalue weighted by Crippen LogP contribution is 2.35. The highest BCUT2D eigenvalue weighted by molar-refractivity contribution is 7.51. The molecule has 0 radical (unpaired) electrons. The maximum absolute atomic E-state index is 11.7. The van der Waals surface area contributed by atoms with Gasteiger partial charge in [-0.1, -0.05) is 12.1 Å². The number of nitrogens with one attached hydrogen (secondary N) is 1. The van der Waals surface area contributed by atoms with Crippen LogP contribution in [-0.4, -0.2) is 36.0 Å². The fourth-order valence-corrected chi connectivity index (χ4v) is 2.20. The minimum atomic E-state index is -4.02. The van der Waals surface area contributed by atoms with Crippen LogP contribution >= 0.6 is 7.60 Å². The minimum Gasteiger partial charge on any atom is -0.376 e. The van der Waals surface area contributed by atoms with Gasteiger partial charge in [0.15, 0.2) is 0 Å². The Balaban J connectivity index is 2.55. The Morgan fingerprint density at radius 3 is 2.53 bits per heavy atom. The fraction of sp³-hybridized carbons (Fsp3) is 0.417. The van der Waals surface area contributed by atoms with Gasteiger partial charge in [0.1, 0.15) is 0 Å². The molecule has 0 aliphatic carbocycles. The summed E-state index contributed by atoms with van der Waals surface area (Å²) in [5.74, 6) is -0.247. The van der Waals surface area contributed by atoms with Crippen molar-refractivity contribution in [3.05, 3.63) is 24.3 Å². The second-order valence-corrected chi connectivity index (χ2v) is 6.23. The first-order chi connectivity index (χ1) is 8.79. The maximum atomic E-state index is 11.7. The first-order valence-corrected chi connectivity index (χ1v) is 7.70. The molecule has 0 fully saturated rings. The highest BCUT2D eigenvalue weighted by atomic mass is 31.2. The van der Waals surface area contributed by atoms with E-state index in [9.17, 15) is 9.36 Å². The number of carbonyl (C=O) groups is 1. The van der Waals surface area contributed by atoms with Crippen LogP contribution in [0.25, 0.3) is 0 Å². The summed E-state index contributed by atoms with van der Waals surface area (Å²) in [6.45, 7) is 0. The van der Waals surface area contributed by atoms with E-state index in [0.717, 1.165) is 5.69 Å². The molecule has 0 atom stereocenters. The number of hydrogen-bond acceptors (Lipinski definition) is 3. The van der Waals surface area contributed by atoms with Crippen molar-refractivity contribution in [1.29, 1.82) is 0 Å². The van der Waals surface area contributed by atoms with Crippen molar-refractivity contribution < 1.29 is 19.1 Å². The van der Waals surface area contributed by atoms with Gasteiger partial charge in [0.05, 0.1) is 17.5 Å². The molecule has 3 N–H and O–H groups in total. The maximum Gasteiger partial charge on any atom is 0.325 e. The van der Waals surface area contributed by atoms with Crippen LogP contribution in [0.4, 0.5) is 11.4 Å². The molecule has 106 valence electrons. The third kappa shape index (κ3) is 5.87. The van der Waals surface area contributed by atoms with Crippen molar-refractivity contribution in [3.63, 3.8) is 0 Å². The van der Waals surface area contributed by atoms with Crippen LogP contribution in [-0.2, 0) is 9.36 Å². The summed E-state index contributed by atoms with van der Waals surface area (Å²) in [7, 11) is -0.270. The van der Waals surface area contributed by atoms with Crippen molar-refractivity contribution in [2.24, 2.45) is 0 Å². The van der Waals surface area contributed by atoms with Crippen LogP contribution in [0.3, 0.4) is 0 Å². The lowest BCUT2D eigenvalue weighted by Crippen LogP contribution is -2.16. The van der Waals surface area contributed by atoms with Crippen molar-refractivity contribution in [2.45, 2.75) is 12.8 Å². The van der Waals surface area contributed by atoms with Gasteiger partial charge in [-0.2, -0.15) is 0 Å². The molecule has 6 nitrogen and oxygen atoms in total. The van der Waals surface area contributed by atoms with Crippen molar-refractivity contribution in [3.8, 4) is 0 Å². The van der Waals surface area contributed by atoms with E-state index in [0.29, 0.717) is 5.69 Å². The van der Waals surface area contributed by atoms with Gasteiger partial charge in [0.2, 0.25) is 5.91 Å². The molecule has 19 heavy (non-hydrogen) atoms. The Kier molecular flexibility index (Phi) is 5.54. The van der Waals surface area contributed by atoms with Crippen LogP contribution in [0.1, 0.15) is 12.8 Å². The normalized spacial score (nSPS) is 11.2. The van der Waals surface area contributed by atoms with Gasteiger partial charge in [-0.3, -0.25) is 9.36 Å². The van der Waals surface area contributed by atoms with Crippen LogP contribution in [0, 0.1) is 0 Å². The van der Waals surface area contributed by atoms with Crippen molar-refractivity contribution in [1.82, 2.24) is 0 Å². The van der Waals surface area contributed by atoms with Crippen LogP contribution in [0.5, 0.6) is 0 Å². The highest BCUT2D eigenvalue weighted by Gasteiger charge is 2.14. The molecule has 7 heteroatoms. The van der Waals surface area contributed by atoms with E-state index in [2.05, 4.69) is 5.32 Å². The standard InChI is InChI=1S/C12H19N2O4P/c1-14(2)11-7-4-3-6-10(11)13-12(15)8-5-9-19(16,17)18/h3-4,6-7H,5,8-9H2,1-2H3,(H,13,15)(H2,16,17,18). The number of carbonyl (C=O) groups excluding carboxylic acids is 1. The number of benzene rings is 1. The molecule has 0 saturated heterocycles. The third-order valence-corrected chi connectivity index (χ3v) is 3.41. The summed E-state index contributed by atoms with van der Waals surface area (Å²) in [6, 6.07) is 7.36. The summed E-state index contributed by atoms with van der Waals surface area (Å²) in [4.78, 5) is 31.0. The first-order valence-electron chi connectivity index (χ1n) is 5.90. The second-order valence-electron chi connectivity index (χ2n) is 4.45. The first kappa shape index (κ1) is 15.7. The monoisotopic (exact) mass is 286 g/mol. The zero-order valence-electron chi connectivity index (χ0n) is 11.0. The van der Waals surface area contributed by atoms with E-state index in [1.54, 1.807) is 6.07 Å². The molecule has 0 aromatic heterocycles. The summed E-state index contributed by atoms with van der Waals surface area (Å²) >= 11 is 0. The topological polar surface area (TPSA) is 89.9 Å². The number of hydrogen-bond donors (Lipinski definition) is 3. The molecule has 0 heterocycles. The van der Waals surface area contributed by atoms with E-state index in [1.165, 1.54) is 0 Å². The Morgan fingerprint density at radius 1 is 1.32 bits per heavy atom. The van der Waals surface area contributed by atoms with E-state index < -0.39 is 7.60 Å². The summed E-state index contributed by atoms with van der Waals surface area (Å²) in [6.07, 6.45) is -0.0110. The lowest BCUT2D eigenvalue weighted by molar-refractivity contribution is -0.116. The quantitative estimate of drug-likeness (QED) is 0.692. The molecule has 0 spiro atoms. The zero-order valence-corrected chi connectivity index (χ0v) is 11.9. The molecular formula is C12H19N2O4P. The Bertz CT molecular complexity index is 484. The fourth-order valence-electron chi connectivity index (χ4n) is 1.63. The third-order valence-electron chi connectivity index (χ3n) is 2.51. The van der Waals surface area contributed by atoms with E-state index in [4.69, 9.17) is 9.79 Å². The Morgan fingerprint density at radius 2 is 1.95 bits per heavy atom. The van der Waals surface area contributed by atoms with Gasteiger partial charge in [0.25, 0.3) is 0 Å². The minimum absolute atomic E-state index is 0.0902. The zero-order chi connectivity index (χ0) is 14.5. The molecule has 0 saturated carbocycles. The molecule has 1 aromatic rings. The number of para-hydroxylation sites is 2. The van der Waals surface area contributed by atoms with E-state index in [-0.39, 0.29) is 24.9 Å². The number of amides is 1. The molecular weight excluding hydrogens is 267 g/mol. The number of nitrogens with zero attached hydrogens (tertiary/aromatic N) is 1. The average molecular weight is 286 g/mol. The van der Waals surface area contributed by atoms with Crippen LogP contribution < -0.4 is 10.2 Å². The molecule has 1 amide bonds. The predicted octanol–water partition coefficient (Wildman–Crippen LogP) is 1.65.